The molecule has 15 unspecified atom stereocenters. The van der Waals surface area contributed by atoms with Crippen LogP contribution in [0.25, 0.3) is 0 Å². The van der Waals surface area contributed by atoms with E-state index in [1.807, 2.05) is 13.8 Å². The highest BCUT2D eigenvalue weighted by Gasteiger charge is 2.46. The summed E-state index contributed by atoms with van der Waals surface area (Å²) in [6.07, 6.45) is 13.4. The molecule has 5 rings (SSSR count). The van der Waals surface area contributed by atoms with E-state index in [2.05, 4.69) is 46.9 Å². The molecule has 0 bridgehead atoms. The number of unbranched alkanes of at least 4 members (excludes halogenated alkanes) is 6. The number of amides is 1. The van der Waals surface area contributed by atoms with E-state index in [1.54, 1.807) is 20.8 Å². The molecule has 1 aromatic carbocycles. The van der Waals surface area contributed by atoms with Gasteiger partial charge >= 0.3 is 5.97 Å². The van der Waals surface area contributed by atoms with Gasteiger partial charge in [-0.3, -0.25) is 24.0 Å². The molecule has 0 saturated carbocycles. The van der Waals surface area contributed by atoms with Crippen molar-refractivity contribution in [3.8, 4) is 11.5 Å². The first-order chi connectivity index (χ1) is 62.5. The van der Waals surface area contributed by atoms with Crippen molar-refractivity contribution in [2.45, 2.75) is 386 Å². The first-order valence-electron chi connectivity index (χ1n) is 49.7. The molecule has 0 aromatic heterocycles. The van der Waals surface area contributed by atoms with Crippen LogP contribution in [-0.4, -0.2) is 305 Å². The van der Waals surface area contributed by atoms with Crippen LogP contribution < -0.4 is 14.8 Å². The van der Waals surface area contributed by atoms with E-state index in [0.29, 0.717) is 219 Å². The van der Waals surface area contributed by atoms with E-state index in [9.17, 15) is 69.9 Å². The summed E-state index contributed by atoms with van der Waals surface area (Å²) in [6, 6.07) is 0. The number of carbonyl (C=O) groups is 5. The molecular weight excluding hydrogens is 1680 g/mol. The van der Waals surface area contributed by atoms with Gasteiger partial charge in [-0.25, -0.2) is 0 Å². The Morgan fingerprint density at radius 2 is 0.738 bits per heavy atom. The Labute approximate surface area is 777 Å². The Hall–Kier alpha value is -3.95. The van der Waals surface area contributed by atoms with Gasteiger partial charge in [-0.05, 0) is 191 Å². The van der Waals surface area contributed by atoms with Crippen molar-refractivity contribution in [1.82, 2.24) is 5.32 Å². The number of esters is 1. The Bertz CT molecular complexity index is 2990. The van der Waals surface area contributed by atoms with E-state index in [0.717, 1.165) is 65.5 Å². The van der Waals surface area contributed by atoms with E-state index in [4.69, 9.17) is 75.8 Å². The average Bonchev–Trinajstić information content (AvgIpc) is 0.757. The Morgan fingerprint density at radius 1 is 0.392 bits per heavy atom. The Kier molecular flexibility index (Phi) is 60.4. The van der Waals surface area contributed by atoms with Gasteiger partial charge in [0.2, 0.25) is 5.91 Å². The number of Topliss-reactive ketones (excluding diaryl/α,β-unsaturated/α-hetero) is 3. The second kappa shape index (κ2) is 67.3. The zero-order chi connectivity index (χ0) is 95.1. The van der Waals surface area contributed by atoms with Gasteiger partial charge in [0, 0.05) is 161 Å². The van der Waals surface area contributed by atoms with Crippen LogP contribution in [-0.2, 0) is 96.7 Å². The van der Waals surface area contributed by atoms with Gasteiger partial charge < -0.3 is 127 Å². The molecule has 4 aliphatic heterocycles. The number of ketones is 3. The fourth-order valence-electron chi connectivity index (χ4n) is 16.9. The molecule has 0 aliphatic carbocycles. The lowest BCUT2D eigenvalue weighted by molar-refractivity contribution is -0.282. The van der Waals surface area contributed by atoms with Crippen LogP contribution >= 0.6 is 0 Å². The van der Waals surface area contributed by atoms with Crippen molar-refractivity contribution < 1.29 is 146 Å². The number of fused-ring (bicyclic) bond motifs is 1. The van der Waals surface area contributed by atoms with Gasteiger partial charge in [-0.15, -0.1) is 0 Å². The molecular formula is C99H175NO30. The van der Waals surface area contributed by atoms with Gasteiger partial charge in [-0.2, -0.15) is 0 Å². The minimum Gasteiger partial charge on any atom is -0.487 e. The standard InChI is InChI=1S/C99H175NO30/c1-69(2)31-24-32-70(3)33-25-34-71(4)35-26-45-98(11)46-43-81-74(7)93(72(5)73(6)94(81)130-98)129-86(108)42-27-50-118-61-62-119-60-44-85(107)100-99(66-120-54-28-51-115-47-18-12-36-78(104)39-15-21-57-123-95-75(8)87(109)90(112)82(63-101)126-95,67-121-55-29-52-116-48-19-13-37-79(105)40-16-22-58-124-96-76(9)88(110)91(113)83(64-102)127-96)68-122-56-30-53-117-49-20-14-38-80(106)41-17-23-59-125-97-77(10)89(111)92(114)84(65-103)128-97/h69-71,75-77,82-84,87-92,95-97,101-103,109-114H,12-68H2,1-11H3,(H,100,107)/t70-,71-,75?,76?,77?,82?,83?,84?,87?,88?,89?,90?,91?,92?,95?,96?,97?,98-,99?/m1/s1. The van der Waals surface area contributed by atoms with E-state index in [-0.39, 0.29) is 107 Å². The van der Waals surface area contributed by atoms with Gasteiger partial charge in [0.15, 0.2) is 18.9 Å². The number of aliphatic hydroxyl groups excluding tert-OH is 9. The largest absolute Gasteiger partial charge is 0.487 e. The molecule has 130 heavy (non-hydrogen) atoms. The van der Waals surface area contributed by atoms with Crippen molar-refractivity contribution >= 4 is 29.2 Å². The van der Waals surface area contributed by atoms with Crippen LogP contribution in [0.4, 0.5) is 0 Å². The summed E-state index contributed by atoms with van der Waals surface area (Å²) in [7, 11) is 0. The van der Waals surface area contributed by atoms with Crippen molar-refractivity contribution in [3.05, 3.63) is 22.3 Å². The predicted molar refractivity (Wildman–Crippen MR) is 490 cm³/mol. The molecule has 3 fully saturated rings. The number of ether oxygens (including phenoxy) is 16. The maximum atomic E-state index is 14.1. The number of benzene rings is 1. The lowest BCUT2D eigenvalue weighted by Gasteiger charge is -2.40. The highest BCUT2D eigenvalue weighted by atomic mass is 16.7. The van der Waals surface area contributed by atoms with E-state index < -0.39 is 117 Å². The van der Waals surface area contributed by atoms with E-state index in [1.165, 1.54) is 44.9 Å². The van der Waals surface area contributed by atoms with E-state index >= 15 is 0 Å². The van der Waals surface area contributed by atoms with Crippen LogP contribution in [0.1, 0.15) is 296 Å². The first kappa shape index (κ1) is 117. The van der Waals surface area contributed by atoms with Crippen LogP contribution in [0.3, 0.4) is 0 Å². The third kappa shape index (κ3) is 45.6. The number of aliphatic hydroxyl groups is 9. The highest BCUT2D eigenvalue weighted by molar-refractivity contribution is 5.79. The van der Waals surface area contributed by atoms with Crippen molar-refractivity contribution in [1.29, 1.82) is 0 Å². The fourth-order valence-corrected chi connectivity index (χ4v) is 16.9. The van der Waals surface area contributed by atoms with Crippen molar-refractivity contribution in [2.75, 3.05) is 145 Å². The maximum absolute atomic E-state index is 14.1. The van der Waals surface area contributed by atoms with Gasteiger partial charge in [-0.1, -0.05) is 93.4 Å². The number of nitrogens with one attached hydrogen (secondary N) is 1. The Balaban J connectivity index is 1.08. The number of hydrogen-bond donors (Lipinski definition) is 10. The third-order valence-corrected chi connectivity index (χ3v) is 25.8. The van der Waals surface area contributed by atoms with Crippen LogP contribution in [0, 0.1) is 56.3 Å². The normalized spacial score (nSPS) is 25.0. The minimum absolute atomic E-state index is 0.00159. The molecule has 1 aromatic rings. The predicted octanol–water partition coefficient (Wildman–Crippen LogP) is 11.4. The number of rotatable bonds is 78. The summed E-state index contributed by atoms with van der Waals surface area (Å²) < 4.78 is 96.0. The topological polar surface area (TPSA) is 427 Å². The lowest BCUT2D eigenvalue weighted by atomic mass is 9.83. The SMILES string of the molecule is Cc1c(C)c2c(c(C)c1OC(=O)CCCOCCOCCC(=O)NC(COCCCOCCCCC(=O)CCCCOC1OC(CO)C(O)C(O)C1C)(COCCCOCCCCC(=O)CCCCOC1OC(CO)C(O)C(O)C1C)COCCCOCCCCC(=O)CCCCOC1OC(CO)C(O)C(O)C1C)CC[C@@](C)(CCC[C@H](C)CCC[C@H](C)CCCC(C)C)O2. The summed E-state index contributed by atoms with van der Waals surface area (Å²) in [6.45, 7) is 26.8. The zero-order valence-electron chi connectivity index (χ0n) is 81.3. The summed E-state index contributed by atoms with van der Waals surface area (Å²) in [4.78, 5) is 65.7. The smallest absolute Gasteiger partial charge is 0.311 e. The van der Waals surface area contributed by atoms with Crippen molar-refractivity contribution in [3.63, 3.8) is 0 Å². The molecule has 31 heteroatoms. The molecule has 18 atom stereocenters. The summed E-state index contributed by atoms with van der Waals surface area (Å²) >= 11 is 0. The number of hydrogen-bond acceptors (Lipinski definition) is 30. The fraction of sp³-hybridized carbons (Fsp3) is 0.889. The average molecular weight is 1860 g/mol. The molecule has 0 radical (unpaired) electrons. The molecule has 3 saturated heterocycles. The quantitative estimate of drug-likeness (QED) is 0.0164. The Morgan fingerprint density at radius 3 is 1.13 bits per heavy atom. The van der Waals surface area contributed by atoms with Crippen molar-refractivity contribution in [2.24, 2.45) is 35.5 Å². The summed E-state index contributed by atoms with van der Waals surface area (Å²) in [5.74, 6) is 2.11. The maximum Gasteiger partial charge on any atom is 0.311 e. The molecule has 1 amide bonds. The number of carbonyl (C=O) groups excluding carboxylic acids is 5. The summed E-state index contributed by atoms with van der Waals surface area (Å²) in [5, 5.41) is 93.3. The molecule has 0 spiro atoms. The molecule has 4 aliphatic rings. The second-order valence-corrected chi connectivity index (χ2v) is 38.0. The summed E-state index contributed by atoms with van der Waals surface area (Å²) in [5.41, 5.74) is 2.58. The lowest BCUT2D eigenvalue weighted by Crippen LogP contribution is -2.58. The van der Waals surface area contributed by atoms with Crippen LogP contribution in [0.15, 0.2) is 0 Å². The molecule has 10 N–H and O–H groups in total. The second-order valence-electron chi connectivity index (χ2n) is 38.0. The molecule has 756 valence electrons. The minimum atomic E-state index is -1.20. The van der Waals surface area contributed by atoms with Crippen LogP contribution in [0.2, 0.25) is 0 Å². The van der Waals surface area contributed by atoms with Gasteiger partial charge in [0.1, 0.15) is 76.6 Å². The van der Waals surface area contributed by atoms with Gasteiger partial charge in [0.25, 0.3) is 0 Å². The monoisotopic (exact) mass is 1860 g/mol. The highest BCUT2D eigenvalue weighted by Crippen LogP contribution is 2.46. The first-order valence-corrected chi connectivity index (χ1v) is 49.7. The van der Waals surface area contributed by atoms with Gasteiger partial charge in [0.05, 0.1) is 77.8 Å². The zero-order valence-corrected chi connectivity index (χ0v) is 81.3. The molecule has 4 heterocycles. The molecule has 31 nitrogen and oxygen atoms in total. The van der Waals surface area contributed by atoms with Crippen LogP contribution in [0.5, 0.6) is 11.5 Å². The third-order valence-electron chi connectivity index (χ3n) is 25.8.